The Kier molecular flexibility index (Phi) is 7.28. The molecule has 6 heteroatoms. The fourth-order valence-corrected chi connectivity index (χ4v) is 2.92. The summed E-state index contributed by atoms with van der Waals surface area (Å²) >= 11 is 3.31. The van der Waals surface area contributed by atoms with Gasteiger partial charge in [-0.25, -0.2) is 0 Å². The molecule has 0 aliphatic carbocycles. The van der Waals surface area contributed by atoms with E-state index in [4.69, 9.17) is 0 Å². The molecular weight excluding hydrogens is 334 g/mol. The second-order valence-electron chi connectivity index (χ2n) is 5.68. The quantitative estimate of drug-likeness (QED) is 0.439. The summed E-state index contributed by atoms with van der Waals surface area (Å²) < 4.78 is 0.736. The van der Waals surface area contributed by atoms with Crippen molar-refractivity contribution >= 4 is 21.6 Å². The Morgan fingerprint density at radius 2 is 1.86 bits per heavy atom. The number of nitrogens with one attached hydrogen (secondary N) is 1. The van der Waals surface area contributed by atoms with E-state index in [9.17, 15) is 10.1 Å². The van der Waals surface area contributed by atoms with Gasteiger partial charge in [0.15, 0.2) is 0 Å². The zero-order chi connectivity index (χ0) is 16.0. The number of benzene rings is 1. The van der Waals surface area contributed by atoms with Gasteiger partial charge in [-0.15, -0.1) is 0 Å². The second kappa shape index (κ2) is 8.46. The van der Waals surface area contributed by atoms with Crippen molar-refractivity contribution in [3.63, 3.8) is 0 Å². The van der Waals surface area contributed by atoms with Crippen LogP contribution in [0.5, 0.6) is 0 Å². The summed E-state index contributed by atoms with van der Waals surface area (Å²) in [7, 11) is 0. The molecule has 1 rings (SSSR count). The van der Waals surface area contributed by atoms with Crippen molar-refractivity contribution in [2.45, 2.75) is 46.3 Å². The lowest BCUT2D eigenvalue weighted by Gasteiger charge is -2.30. The minimum Gasteiger partial charge on any atom is -0.311 e. The Hall–Kier alpha value is -0.980. The first-order chi connectivity index (χ1) is 9.81. The molecule has 0 aliphatic heterocycles. The van der Waals surface area contributed by atoms with E-state index in [2.05, 4.69) is 53.8 Å². The van der Waals surface area contributed by atoms with E-state index in [1.54, 1.807) is 6.07 Å². The highest BCUT2D eigenvalue weighted by molar-refractivity contribution is 9.10. The largest absolute Gasteiger partial charge is 0.311 e. The molecule has 0 saturated heterocycles. The van der Waals surface area contributed by atoms with E-state index in [0.717, 1.165) is 23.1 Å². The molecule has 21 heavy (non-hydrogen) atoms. The predicted octanol–water partition coefficient (Wildman–Crippen LogP) is 3.57. The summed E-state index contributed by atoms with van der Waals surface area (Å²) in [5.41, 5.74) is 1.03. The molecule has 0 amide bonds. The maximum absolute atomic E-state index is 10.8. The van der Waals surface area contributed by atoms with Crippen LogP contribution in [-0.4, -0.2) is 35.0 Å². The van der Waals surface area contributed by atoms with Gasteiger partial charge in [0.1, 0.15) is 0 Å². The van der Waals surface area contributed by atoms with Crippen LogP contribution < -0.4 is 5.32 Å². The monoisotopic (exact) mass is 357 g/mol. The normalized spacial score (nSPS) is 11.6. The van der Waals surface area contributed by atoms with Gasteiger partial charge in [-0.3, -0.25) is 15.0 Å². The first kappa shape index (κ1) is 18.1. The number of halogens is 1. The number of nitro groups is 1. The van der Waals surface area contributed by atoms with Crippen molar-refractivity contribution in [2.24, 2.45) is 0 Å². The van der Waals surface area contributed by atoms with Crippen LogP contribution in [0.15, 0.2) is 22.7 Å². The minimum atomic E-state index is -0.368. The smallest absolute Gasteiger partial charge is 0.270 e. The second-order valence-corrected chi connectivity index (χ2v) is 6.59. The lowest BCUT2D eigenvalue weighted by atomic mass is 10.2. The van der Waals surface area contributed by atoms with Gasteiger partial charge in [-0.05, 0) is 39.3 Å². The molecule has 0 unspecified atom stereocenters. The fraction of sp³-hybridized carbons (Fsp3) is 0.600. The molecule has 0 heterocycles. The van der Waals surface area contributed by atoms with Crippen LogP contribution in [0.2, 0.25) is 0 Å². The van der Waals surface area contributed by atoms with Crippen molar-refractivity contribution in [3.05, 3.63) is 38.3 Å². The predicted molar refractivity (Wildman–Crippen MR) is 89.5 cm³/mol. The molecule has 0 saturated carbocycles. The molecule has 0 bridgehead atoms. The molecule has 0 radical (unpaired) electrons. The van der Waals surface area contributed by atoms with E-state index in [1.807, 2.05) is 6.07 Å². The molecule has 5 nitrogen and oxygen atoms in total. The van der Waals surface area contributed by atoms with Gasteiger partial charge in [0.25, 0.3) is 5.69 Å². The zero-order valence-electron chi connectivity index (χ0n) is 13.1. The summed E-state index contributed by atoms with van der Waals surface area (Å²) in [6.45, 7) is 11.2. The molecule has 1 aromatic rings. The minimum absolute atomic E-state index is 0.118. The van der Waals surface area contributed by atoms with E-state index < -0.39 is 0 Å². The number of hydrogen-bond acceptors (Lipinski definition) is 4. The van der Waals surface area contributed by atoms with E-state index in [0.29, 0.717) is 18.6 Å². The molecule has 118 valence electrons. The van der Waals surface area contributed by atoms with E-state index >= 15 is 0 Å². The number of hydrogen-bond donors (Lipinski definition) is 1. The van der Waals surface area contributed by atoms with Gasteiger partial charge in [0.05, 0.1) is 4.92 Å². The van der Waals surface area contributed by atoms with Crippen molar-refractivity contribution in [3.8, 4) is 0 Å². The van der Waals surface area contributed by atoms with Crippen molar-refractivity contribution in [2.75, 3.05) is 13.1 Å². The SMILES string of the molecule is CC(C)N(CCNCc1cc(Br)cc([N+](=O)[O-])c1)C(C)C. The average molecular weight is 358 g/mol. The van der Waals surface area contributed by atoms with Crippen LogP contribution in [0.3, 0.4) is 0 Å². The number of rotatable bonds is 8. The number of non-ortho nitro benzene ring substituents is 1. The van der Waals surface area contributed by atoms with Crippen molar-refractivity contribution < 1.29 is 4.92 Å². The Bertz CT molecular complexity index is 470. The first-order valence-electron chi connectivity index (χ1n) is 7.21. The lowest BCUT2D eigenvalue weighted by molar-refractivity contribution is -0.385. The molecular formula is C15H24BrN3O2. The molecule has 0 atom stereocenters. The number of nitro benzene ring substituents is 1. The highest BCUT2D eigenvalue weighted by atomic mass is 79.9. The maximum atomic E-state index is 10.8. The summed E-state index contributed by atoms with van der Waals surface area (Å²) in [5.74, 6) is 0. The highest BCUT2D eigenvalue weighted by Crippen LogP contribution is 2.21. The van der Waals surface area contributed by atoms with Crippen molar-refractivity contribution in [1.29, 1.82) is 0 Å². The first-order valence-corrected chi connectivity index (χ1v) is 8.01. The van der Waals surface area contributed by atoms with Crippen LogP contribution in [0.4, 0.5) is 5.69 Å². The molecule has 0 fully saturated rings. The van der Waals surface area contributed by atoms with Gasteiger partial charge in [-0.2, -0.15) is 0 Å². The Morgan fingerprint density at radius 3 is 2.38 bits per heavy atom. The average Bonchev–Trinajstić information content (AvgIpc) is 2.36. The van der Waals surface area contributed by atoms with Gasteiger partial charge >= 0.3 is 0 Å². The molecule has 0 aromatic heterocycles. The van der Waals surface area contributed by atoms with Crippen molar-refractivity contribution in [1.82, 2.24) is 10.2 Å². The molecule has 1 N–H and O–H groups in total. The zero-order valence-corrected chi connectivity index (χ0v) is 14.7. The van der Waals surface area contributed by atoms with Gasteiger partial charge in [0, 0.05) is 48.3 Å². The molecule has 0 aliphatic rings. The Balaban J connectivity index is 2.51. The Morgan fingerprint density at radius 1 is 1.24 bits per heavy atom. The molecule has 1 aromatic carbocycles. The number of nitrogens with zero attached hydrogens (tertiary/aromatic N) is 2. The highest BCUT2D eigenvalue weighted by Gasteiger charge is 2.12. The summed E-state index contributed by atoms with van der Waals surface area (Å²) in [6, 6.07) is 6.06. The van der Waals surface area contributed by atoms with Gasteiger partial charge < -0.3 is 5.32 Å². The molecule has 0 spiro atoms. The summed E-state index contributed by atoms with van der Waals surface area (Å²) in [6.07, 6.45) is 0. The third kappa shape index (κ3) is 6.11. The standard InChI is InChI=1S/C15H24BrN3O2/c1-11(2)18(12(3)4)6-5-17-10-13-7-14(16)9-15(8-13)19(20)21/h7-9,11-12,17H,5-6,10H2,1-4H3. The van der Waals surface area contributed by atoms with Crippen LogP contribution in [0.25, 0.3) is 0 Å². The van der Waals surface area contributed by atoms with Crippen LogP contribution in [-0.2, 0) is 6.54 Å². The maximum Gasteiger partial charge on any atom is 0.270 e. The third-order valence-electron chi connectivity index (χ3n) is 3.36. The van der Waals surface area contributed by atoms with Gasteiger partial charge in [-0.1, -0.05) is 15.9 Å². The summed E-state index contributed by atoms with van der Waals surface area (Å²) in [4.78, 5) is 12.9. The topological polar surface area (TPSA) is 58.4 Å². The van der Waals surface area contributed by atoms with Crippen LogP contribution in [0, 0.1) is 10.1 Å². The van der Waals surface area contributed by atoms with Crippen LogP contribution >= 0.6 is 15.9 Å². The van der Waals surface area contributed by atoms with E-state index in [-0.39, 0.29) is 10.6 Å². The third-order valence-corrected chi connectivity index (χ3v) is 3.81. The van der Waals surface area contributed by atoms with Crippen LogP contribution in [0.1, 0.15) is 33.3 Å². The van der Waals surface area contributed by atoms with E-state index in [1.165, 1.54) is 6.07 Å². The Labute approximate surface area is 135 Å². The fourth-order valence-electron chi connectivity index (χ4n) is 2.39. The lowest BCUT2D eigenvalue weighted by Crippen LogP contribution is -2.41. The van der Waals surface area contributed by atoms with Gasteiger partial charge in [0.2, 0.25) is 0 Å². The summed E-state index contributed by atoms with van der Waals surface area (Å²) in [5, 5.41) is 14.2.